The first-order valence-electron chi connectivity index (χ1n) is 10.6. The summed E-state index contributed by atoms with van der Waals surface area (Å²) >= 11 is 0. The Kier molecular flexibility index (Phi) is 1.97. The van der Waals surface area contributed by atoms with Crippen molar-refractivity contribution in [1.82, 2.24) is 14.7 Å². The number of aryl methyl sites for hydroxylation is 1. The summed E-state index contributed by atoms with van der Waals surface area (Å²) in [5.74, 6) is 0. The first kappa shape index (κ1) is 5.77. The molecule has 1 atom stereocenters. The van der Waals surface area contributed by atoms with Crippen LogP contribution in [0.15, 0.2) is 42.5 Å². The van der Waals surface area contributed by atoms with Gasteiger partial charge >= 0.3 is 0 Å². The van der Waals surface area contributed by atoms with Crippen molar-refractivity contribution in [3.63, 3.8) is 0 Å². The zero-order chi connectivity index (χ0) is 22.2. The summed E-state index contributed by atoms with van der Waals surface area (Å²) in [7, 11) is 1.08. The van der Waals surface area contributed by atoms with E-state index < -0.39 is 45.4 Å². The van der Waals surface area contributed by atoms with E-state index in [9.17, 15) is 0 Å². The Morgan fingerprint density at radius 3 is 3.11 bits per heavy atom. The van der Waals surface area contributed by atoms with E-state index in [-0.39, 0.29) is 5.69 Å². The number of hydrogen-bond acceptors (Lipinski definition) is 3. The molecule has 4 nitrogen and oxygen atoms in total. The lowest BCUT2D eigenvalue weighted by Gasteiger charge is -2.20. The zero-order valence-electron chi connectivity index (χ0n) is 20.4. The van der Waals surface area contributed by atoms with Crippen LogP contribution in [-0.4, -0.2) is 41.8 Å². The molecule has 1 aromatic carbocycles. The van der Waals surface area contributed by atoms with Gasteiger partial charge in [-0.25, -0.2) is 0 Å². The SMILES string of the molecule is [2H]c1nn(C([2H])([2H])[2H])c(C(OCC([2H])([2H])N(C)C([2H])([2H])[2H])c2ccccc2)c1[2H]. The largest absolute Gasteiger partial charge is 0.366 e. The molecule has 0 saturated heterocycles. The molecule has 0 amide bonds. The van der Waals surface area contributed by atoms with Crippen LogP contribution in [-0.2, 0) is 11.7 Å². The van der Waals surface area contributed by atoms with E-state index in [4.69, 9.17) is 18.4 Å². The molecule has 0 aliphatic carbocycles. The Hall–Kier alpha value is -1.65. The van der Waals surface area contributed by atoms with Gasteiger partial charge in [-0.15, -0.1) is 0 Å². The van der Waals surface area contributed by atoms with Crippen molar-refractivity contribution < 1.29 is 18.4 Å². The molecule has 0 aliphatic heterocycles. The highest BCUT2D eigenvalue weighted by atomic mass is 16.5. The third-order valence-electron chi connectivity index (χ3n) is 2.46. The summed E-state index contributed by atoms with van der Waals surface area (Å²) in [4.78, 5) is 0.528. The molecule has 0 saturated carbocycles. The Morgan fingerprint density at radius 2 is 2.37 bits per heavy atom. The molecule has 0 aliphatic rings. The summed E-state index contributed by atoms with van der Waals surface area (Å²) in [5, 5.41) is 3.61. The Bertz CT molecular complexity index is 831. The van der Waals surface area contributed by atoms with E-state index >= 15 is 0 Å². The summed E-state index contributed by atoms with van der Waals surface area (Å²) in [6.45, 7) is -8.67. The summed E-state index contributed by atoms with van der Waals surface area (Å²) in [6.07, 6.45) is -1.82. The van der Waals surface area contributed by atoms with Gasteiger partial charge in [-0.2, -0.15) is 5.10 Å². The molecular formula is C15H21N3O. The monoisotopic (exact) mass is 269 g/mol. The summed E-state index contributed by atoms with van der Waals surface area (Å²) in [6, 6.07) is 7.72. The molecule has 0 N–H and O–H groups in total. The smallest absolute Gasteiger partial charge is 0.124 e. The molecule has 19 heavy (non-hydrogen) atoms. The van der Waals surface area contributed by atoms with Crippen LogP contribution in [0.1, 0.15) is 31.1 Å². The van der Waals surface area contributed by atoms with Crippen molar-refractivity contribution in [1.29, 1.82) is 0 Å². The Morgan fingerprint density at radius 1 is 1.53 bits per heavy atom. The standard InChI is InChI=1S/C15H21N3O/c1-17(2)11-12-19-15(13-7-5-4-6-8-13)14-9-10-16-18(14)3/h4-10,15H,11-12H2,1-3H3/i1D3,3D3,9D,10D,11D2. The molecule has 102 valence electrons. The second-order valence-corrected chi connectivity index (χ2v) is 3.85. The van der Waals surface area contributed by atoms with Crippen molar-refractivity contribution in [2.45, 2.75) is 6.10 Å². The highest BCUT2D eigenvalue weighted by molar-refractivity contribution is 5.25. The van der Waals surface area contributed by atoms with Crippen LogP contribution in [0, 0.1) is 0 Å². The van der Waals surface area contributed by atoms with Gasteiger partial charge in [0.25, 0.3) is 0 Å². The van der Waals surface area contributed by atoms with E-state index in [1.54, 1.807) is 30.3 Å². The molecule has 2 rings (SSSR count). The van der Waals surface area contributed by atoms with Crippen LogP contribution >= 0.6 is 0 Å². The van der Waals surface area contributed by atoms with Crippen LogP contribution in [0.25, 0.3) is 0 Å². The van der Waals surface area contributed by atoms with Gasteiger partial charge in [0.05, 0.1) is 15.0 Å². The molecular weight excluding hydrogens is 238 g/mol. The van der Waals surface area contributed by atoms with Gasteiger partial charge in [0, 0.05) is 30.6 Å². The quantitative estimate of drug-likeness (QED) is 0.804. The maximum absolute atomic E-state index is 8.10. The van der Waals surface area contributed by atoms with E-state index in [1.165, 1.54) is 0 Å². The van der Waals surface area contributed by atoms with Crippen LogP contribution in [0.4, 0.5) is 0 Å². The zero-order valence-corrected chi connectivity index (χ0v) is 10.4. The molecule has 1 heterocycles. The molecule has 0 spiro atoms. The number of aromatic nitrogens is 2. The predicted octanol–water partition coefficient (Wildman–Crippen LogP) is 2.09. The fourth-order valence-electron chi connectivity index (χ4n) is 1.59. The molecule has 0 bridgehead atoms. The van der Waals surface area contributed by atoms with Crippen molar-refractivity contribution in [2.75, 3.05) is 27.1 Å². The van der Waals surface area contributed by atoms with Gasteiger partial charge in [0.2, 0.25) is 0 Å². The van der Waals surface area contributed by atoms with Gasteiger partial charge in [-0.05, 0) is 25.6 Å². The predicted molar refractivity (Wildman–Crippen MR) is 76.0 cm³/mol. The van der Waals surface area contributed by atoms with Crippen molar-refractivity contribution in [2.24, 2.45) is 6.98 Å². The number of hydrogen-bond donors (Lipinski definition) is 0. The molecule has 2 aromatic rings. The van der Waals surface area contributed by atoms with Gasteiger partial charge in [-0.1, -0.05) is 30.3 Å². The third-order valence-corrected chi connectivity index (χ3v) is 2.46. The van der Waals surface area contributed by atoms with Crippen LogP contribution in [0.2, 0.25) is 0 Å². The number of nitrogens with zero attached hydrogens (tertiary/aromatic N) is 3. The average molecular weight is 269 g/mol. The molecule has 0 radical (unpaired) electrons. The number of likely N-dealkylation sites (N-methyl/N-ethyl adjacent to an activating group) is 1. The number of ether oxygens (including phenoxy) is 1. The van der Waals surface area contributed by atoms with Gasteiger partial charge < -0.3 is 9.64 Å². The molecule has 1 unspecified atom stereocenters. The minimum atomic E-state index is -2.80. The fourth-order valence-corrected chi connectivity index (χ4v) is 1.59. The van der Waals surface area contributed by atoms with E-state index in [1.807, 2.05) is 0 Å². The second-order valence-electron chi connectivity index (χ2n) is 3.85. The van der Waals surface area contributed by atoms with E-state index in [0.29, 0.717) is 15.1 Å². The summed E-state index contributed by atoms with van der Waals surface area (Å²) in [5.41, 5.74) is 0.160. The second kappa shape index (κ2) is 6.50. The highest BCUT2D eigenvalue weighted by Gasteiger charge is 2.17. The maximum atomic E-state index is 8.10. The third kappa shape index (κ3) is 3.66. The lowest BCUT2D eigenvalue weighted by molar-refractivity contribution is 0.0638. The normalized spacial score (nSPS) is 22.6. The Labute approximate surface area is 128 Å². The van der Waals surface area contributed by atoms with Gasteiger partial charge in [0.1, 0.15) is 6.10 Å². The van der Waals surface area contributed by atoms with Crippen LogP contribution < -0.4 is 0 Å². The van der Waals surface area contributed by atoms with E-state index in [0.717, 1.165) is 7.05 Å². The van der Waals surface area contributed by atoms with Gasteiger partial charge in [0.15, 0.2) is 0 Å². The lowest BCUT2D eigenvalue weighted by atomic mass is 10.1. The fraction of sp³-hybridized carbons (Fsp3) is 0.400. The average Bonchev–Trinajstić information content (AvgIpc) is 2.90. The topological polar surface area (TPSA) is 30.3 Å². The summed E-state index contributed by atoms with van der Waals surface area (Å²) < 4.78 is 83.1. The molecule has 1 aromatic heterocycles. The van der Waals surface area contributed by atoms with Crippen molar-refractivity contribution >= 4 is 0 Å². The molecule has 4 heteroatoms. The number of benzene rings is 1. The highest BCUT2D eigenvalue weighted by Crippen LogP contribution is 2.25. The van der Waals surface area contributed by atoms with Crippen LogP contribution in [0.3, 0.4) is 0 Å². The van der Waals surface area contributed by atoms with Crippen molar-refractivity contribution in [3.05, 3.63) is 53.8 Å². The Balaban J connectivity index is 2.50. The first-order valence-corrected chi connectivity index (χ1v) is 5.63. The lowest BCUT2D eigenvalue weighted by Crippen LogP contribution is -2.20. The van der Waals surface area contributed by atoms with Gasteiger partial charge in [-0.3, -0.25) is 4.68 Å². The van der Waals surface area contributed by atoms with Crippen LogP contribution in [0.5, 0.6) is 0 Å². The van der Waals surface area contributed by atoms with Crippen molar-refractivity contribution in [3.8, 4) is 0 Å². The number of rotatable bonds is 6. The minimum Gasteiger partial charge on any atom is -0.366 e. The van der Waals surface area contributed by atoms with E-state index in [2.05, 4.69) is 5.10 Å². The minimum absolute atomic E-state index is 0.242. The molecule has 0 fully saturated rings. The maximum Gasteiger partial charge on any atom is 0.124 e. The first-order chi connectivity index (χ1) is 13.2.